The molecule has 10 heteroatoms. The molecule has 5 saturated heterocycles. The van der Waals surface area contributed by atoms with E-state index in [2.05, 4.69) is 0 Å². The number of alkyl halides is 3. The third kappa shape index (κ3) is 1.76. The van der Waals surface area contributed by atoms with Crippen molar-refractivity contribution in [2.24, 2.45) is 0 Å². The highest BCUT2D eigenvalue weighted by molar-refractivity contribution is 7.41. The number of halogens is 3. The zero-order chi connectivity index (χ0) is 12.5. The number of rotatable bonds is 0. The summed E-state index contributed by atoms with van der Waals surface area (Å²) in [6.45, 7) is 0.809. The molecule has 5 rings (SSSR count). The zero-order valence-electron chi connectivity index (χ0n) is 8.75. The SMILES string of the molecule is ClC(Cl)(Cl)C1OC2OC34COP(OC3)OC4C2O1. The molecule has 4 atom stereocenters. The standard InChI is InChI=1S/C8H8Cl3O6P/c9-8(10,11)6-14-3-4-7(16-5(3)15-6)1-12-18(17-4)13-2-7/h3-6H,1-2H2. The van der Waals surface area contributed by atoms with Gasteiger partial charge in [-0.05, 0) is 0 Å². The predicted molar refractivity (Wildman–Crippen MR) is 61.3 cm³/mol. The van der Waals surface area contributed by atoms with Crippen LogP contribution in [-0.2, 0) is 27.8 Å². The minimum absolute atomic E-state index is 0.312. The Labute approximate surface area is 119 Å². The van der Waals surface area contributed by atoms with E-state index in [0.717, 1.165) is 0 Å². The van der Waals surface area contributed by atoms with Crippen molar-refractivity contribution in [2.45, 2.75) is 34.2 Å². The van der Waals surface area contributed by atoms with E-state index < -0.39 is 36.7 Å². The van der Waals surface area contributed by atoms with E-state index in [4.69, 9.17) is 62.6 Å². The Morgan fingerprint density at radius 1 is 1.11 bits per heavy atom. The lowest BCUT2D eigenvalue weighted by Crippen LogP contribution is -2.57. The molecular formula is C8H8Cl3O6P. The molecule has 5 heterocycles. The van der Waals surface area contributed by atoms with E-state index in [9.17, 15) is 0 Å². The van der Waals surface area contributed by atoms with Crippen LogP contribution in [-0.4, -0.2) is 47.4 Å². The summed E-state index contributed by atoms with van der Waals surface area (Å²) < 4.78 is 31.5. The molecule has 0 radical (unpaired) electrons. The van der Waals surface area contributed by atoms with E-state index in [1.54, 1.807) is 0 Å². The van der Waals surface area contributed by atoms with Crippen molar-refractivity contribution in [1.82, 2.24) is 0 Å². The third-order valence-electron chi connectivity index (χ3n) is 3.27. The van der Waals surface area contributed by atoms with Gasteiger partial charge in [-0.15, -0.1) is 0 Å². The second kappa shape index (κ2) is 4.04. The molecule has 18 heavy (non-hydrogen) atoms. The van der Waals surface area contributed by atoms with Crippen LogP contribution >= 0.6 is 43.4 Å². The van der Waals surface area contributed by atoms with Gasteiger partial charge in [0.1, 0.15) is 17.8 Å². The fraction of sp³-hybridized carbons (Fsp3) is 1.00. The summed E-state index contributed by atoms with van der Waals surface area (Å²) in [7, 11) is -1.32. The molecule has 6 nitrogen and oxygen atoms in total. The molecule has 1 spiro atoms. The Bertz CT molecular complexity index is 370. The summed E-state index contributed by atoms with van der Waals surface area (Å²) in [5.74, 6) is 0. The highest BCUT2D eigenvalue weighted by Gasteiger charge is 2.68. The van der Waals surface area contributed by atoms with E-state index in [0.29, 0.717) is 13.2 Å². The Balaban J connectivity index is 1.58. The maximum atomic E-state index is 5.80. The van der Waals surface area contributed by atoms with Gasteiger partial charge in [-0.3, -0.25) is 0 Å². The van der Waals surface area contributed by atoms with Gasteiger partial charge in [0.25, 0.3) is 0 Å². The number of hydrogen-bond acceptors (Lipinski definition) is 6. The van der Waals surface area contributed by atoms with Crippen LogP contribution in [0.15, 0.2) is 0 Å². The Hall–Kier alpha value is 1.06. The van der Waals surface area contributed by atoms with Crippen LogP contribution in [0.3, 0.4) is 0 Å². The molecule has 0 aliphatic carbocycles. The van der Waals surface area contributed by atoms with Gasteiger partial charge >= 0.3 is 8.60 Å². The Morgan fingerprint density at radius 3 is 2.50 bits per heavy atom. The van der Waals surface area contributed by atoms with Crippen LogP contribution in [0.2, 0.25) is 0 Å². The molecule has 0 N–H and O–H groups in total. The summed E-state index contributed by atoms with van der Waals surface area (Å²) in [6, 6.07) is 0. The van der Waals surface area contributed by atoms with E-state index >= 15 is 0 Å². The van der Waals surface area contributed by atoms with Crippen LogP contribution in [0.25, 0.3) is 0 Å². The van der Waals surface area contributed by atoms with Gasteiger partial charge in [0, 0.05) is 0 Å². The predicted octanol–water partition coefficient (Wildman–Crippen LogP) is 1.87. The summed E-state index contributed by atoms with van der Waals surface area (Å²) in [6.07, 6.45) is -2.33. The van der Waals surface area contributed by atoms with Crippen LogP contribution in [0.1, 0.15) is 0 Å². The zero-order valence-corrected chi connectivity index (χ0v) is 11.9. The molecule has 0 aromatic carbocycles. The minimum atomic E-state index is -1.66. The fourth-order valence-corrected chi connectivity index (χ4v) is 4.09. The highest BCUT2D eigenvalue weighted by Crippen LogP contribution is 2.59. The van der Waals surface area contributed by atoms with Crippen LogP contribution in [0, 0.1) is 0 Å². The summed E-state index contributed by atoms with van der Waals surface area (Å²) in [5, 5.41) is 0. The first-order chi connectivity index (χ1) is 8.48. The summed E-state index contributed by atoms with van der Waals surface area (Å²) in [4.78, 5) is 0. The third-order valence-corrected chi connectivity index (χ3v) is 4.88. The van der Waals surface area contributed by atoms with Crippen molar-refractivity contribution in [3.8, 4) is 0 Å². The van der Waals surface area contributed by atoms with Crippen molar-refractivity contribution in [1.29, 1.82) is 0 Å². The highest BCUT2D eigenvalue weighted by atomic mass is 35.6. The molecule has 2 bridgehead atoms. The second-order valence-corrected chi connectivity index (χ2v) is 8.00. The van der Waals surface area contributed by atoms with Gasteiger partial charge in [0.2, 0.25) is 10.1 Å². The molecule has 0 aromatic heterocycles. The van der Waals surface area contributed by atoms with Crippen molar-refractivity contribution >= 4 is 43.4 Å². The Kier molecular flexibility index (Phi) is 2.87. The molecule has 5 aliphatic heterocycles. The first-order valence-corrected chi connectivity index (χ1v) is 7.49. The van der Waals surface area contributed by atoms with Gasteiger partial charge in [-0.2, -0.15) is 0 Å². The average Bonchev–Trinajstić information content (AvgIpc) is 2.83. The van der Waals surface area contributed by atoms with Gasteiger partial charge in [-0.25, -0.2) is 0 Å². The lowest BCUT2D eigenvalue weighted by atomic mass is 9.97. The monoisotopic (exact) mass is 336 g/mol. The second-order valence-electron chi connectivity index (χ2n) is 4.46. The maximum Gasteiger partial charge on any atom is 0.333 e. The largest absolute Gasteiger partial charge is 0.337 e. The van der Waals surface area contributed by atoms with Gasteiger partial charge in [0.05, 0.1) is 13.2 Å². The first kappa shape index (κ1) is 12.8. The smallest absolute Gasteiger partial charge is 0.333 e. The molecular weight excluding hydrogens is 329 g/mol. The maximum absolute atomic E-state index is 5.80. The molecule has 4 unspecified atom stereocenters. The molecule has 5 fully saturated rings. The molecule has 102 valence electrons. The van der Waals surface area contributed by atoms with Crippen LogP contribution in [0.5, 0.6) is 0 Å². The lowest BCUT2D eigenvalue weighted by Gasteiger charge is -2.45. The van der Waals surface area contributed by atoms with Crippen molar-refractivity contribution < 1.29 is 27.8 Å². The number of ether oxygens (including phenoxy) is 3. The van der Waals surface area contributed by atoms with Crippen LogP contribution < -0.4 is 0 Å². The number of fused-ring (bicyclic) bond motifs is 3. The summed E-state index contributed by atoms with van der Waals surface area (Å²) in [5.41, 5.74) is -0.676. The molecule has 5 aliphatic rings. The Morgan fingerprint density at radius 2 is 1.83 bits per heavy atom. The van der Waals surface area contributed by atoms with Crippen molar-refractivity contribution in [3.05, 3.63) is 0 Å². The van der Waals surface area contributed by atoms with Gasteiger partial charge in [0.15, 0.2) is 6.29 Å². The lowest BCUT2D eigenvalue weighted by molar-refractivity contribution is -0.242. The minimum Gasteiger partial charge on any atom is -0.337 e. The van der Waals surface area contributed by atoms with E-state index in [1.807, 2.05) is 0 Å². The molecule has 0 amide bonds. The fourth-order valence-electron chi connectivity index (χ4n) is 2.44. The number of hydrogen-bond donors (Lipinski definition) is 0. The van der Waals surface area contributed by atoms with Crippen LogP contribution in [0.4, 0.5) is 0 Å². The van der Waals surface area contributed by atoms with Gasteiger partial charge < -0.3 is 27.8 Å². The normalized spacial score (nSPS) is 54.5. The quantitative estimate of drug-likeness (QED) is 0.497. The van der Waals surface area contributed by atoms with E-state index in [-0.39, 0.29) is 6.10 Å². The first-order valence-electron chi connectivity index (χ1n) is 5.26. The average molecular weight is 337 g/mol. The van der Waals surface area contributed by atoms with Crippen molar-refractivity contribution in [2.75, 3.05) is 13.2 Å². The van der Waals surface area contributed by atoms with E-state index in [1.165, 1.54) is 0 Å². The molecule has 0 aromatic rings. The topological polar surface area (TPSA) is 55.4 Å². The summed E-state index contributed by atoms with van der Waals surface area (Å²) >= 11 is 17.2. The molecule has 0 saturated carbocycles. The van der Waals surface area contributed by atoms with Crippen molar-refractivity contribution in [3.63, 3.8) is 0 Å². The van der Waals surface area contributed by atoms with Gasteiger partial charge in [-0.1, -0.05) is 34.8 Å².